The van der Waals surface area contributed by atoms with Crippen molar-refractivity contribution in [1.82, 2.24) is 9.97 Å². The Morgan fingerprint density at radius 2 is 1.86 bits per heavy atom. The summed E-state index contributed by atoms with van der Waals surface area (Å²) in [6.45, 7) is 0. The Morgan fingerprint density at radius 3 is 2.43 bits per heavy atom. The van der Waals surface area contributed by atoms with Crippen LogP contribution in [0.15, 0.2) is 35.4 Å². The zero-order chi connectivity index (χ0) is 15.6. The van der Waals surface area contributed by atoms with Crippen molar-refractivity contribution in [1.29, 1.82) is 0 Å². The number of anilines is 1. The summed E-state index contributed by atoms with van der Waals surface area (Å²) in [6.07, 6.45) is -3.43. The van der Waals surface area contributed by atoms with E-state index in [4.69, 9.17) is 16.2 Å². The predicted molar refractivity (Wildman–Crippen MR) is 68.8 cm³/mol. The minimum Gasteiger partial charge on any atom is -0.437 e. The van der Waals surface area contributed by atoms with Gasteiger partial charge in [0, 0.05) is 0 Å². The van der Waals surface area contributed by atoms with Gasteiger partial charge in [-0.1, -0.05) is 12.1 Å². The Labute approximate surface area is 116 Å². The summed E-state index contributed by atoms with van der Waals surface area (Å²) < 4.78 is 42.6. The predicted octanol–water partition coefficient (Wildman–Crippen LogP) is 1.71. The second-order valence-electron chi connectivity index (χ2n) is 4.14. The number of nitrogen functional groups attached to an aromatic ring is 1. The standard InChI is InChI=1S/C12H11F3N4O2/c13-12(14,15)9(17)6-1-3-7(4-2-6)21-11-8(16)10(20)18-5-19-11/h1-5,9H,16-17H2,(H,18,19,20)/t9-/m1/s1. The third-order valence-corrected chi connectivity index (χ3v) is 2.66. The SMILES string of the molecule is Nc1c(Oc2ccc([C@@H](N)C(F)(F)F)cc2)nc[nH]c1=O. The number of hydrogen-bond acceptors (Lipinski definition) is 5. The molecule has 0 radical (unpaired) electrons. The maximum Gasteiger partial charge on any atom is 0.407 e. The van der Waals surface area contributed by atoms with Crippen LogP contribution in [0.3, 0.4) is 0 Å². The molecule has 6 nitrogen and oxygen atoms in total. The van der Waals surface area contributed by atoms with E-state index in [2.05, 4.69) is 9.97 Å². The van der Waals surface area contributed by atoms with Crippen molar-refractivity contribution >= 4 is 5.69 Å². The molecule has 5 N–H and O–H groups in total. The first-order chi connectivity index (χ1) is 9.79. The fourth-order valence-electron chi connectivity index (χ4n) is 1.52. The number of nitrogens with two attached hydrogens (primary N) is 2. The molecule has 112 valence electrons. The maximum atomic E-state index is 12.5. The number of nitrogens with zero attached hydrogens (tertiary/aromatic N) is 1. The van der Waals surface area contributed by atoms with Gasteiger partial charge < -0.3 is 21.2 Å². The highest BCUT2D eigenvalue weighted by Crippen LogP contribution is 2.31. The highest BCUT2D eigenvalue weighted by molar-refractivity contribution is 5.47. The van der Waals surface area contributed by atoms with Gasteiger partial charge in [0.2, 0.25) is 5.88 Å². The van der Waals surface area contributed by atoms with Gasteiger partial charge in [-0.15, -0.1) is 0 Å². The van der Waals surface area contributed by atoms with E-state index in [9.17, 15) is 18.0 Å². The zero-order valence-electron chi connectivity index (χ0n) is 10.5. The van der Waals surface area contributed by atoms with Crippen molar-refractivity contribution in [2.75, 3.05) is 5.73 Å². The number of rotatable bonds is 3. The molecule has 1 aromatic heterocycles. The van der Waals surface area contributed by atoms with Gasteiger partial charge in [-0.25, -0.2) is 4.98 Å². The summed E-state index contributed by atoms with van der Waals surface area (Å²) in [7, 11) is 0. The second-order valence-corrected chi connectivity index (χ2v) is 4.14. The number of halogens is 3. The van der Waals surface area contributed by atoms with Crippen LogP contribution in [0.1, 0.15) is 11.6 Å². The van der Waals surface area contributed by atoms with Crippen LogP contribution in [0.4, 0.5) is 18.9 Å². The normalized spacial score (nSPS) is 13.0. The van der Waals surface area contributed by atoms with Crippen molar-refractivity contribution < 1.29 is 17.9 Å². The van der Waals surface area contributed by atoms with Crippen LogP contribution in [-0.2, 0) is 0 Å². The molecule has 0 unspecified atom stereocenters. The van der Waals surface area contributed by atoms with Crippen LogP contribution in [0.2, 0.25) is 0 Å². The van der Waals surface area contributed by atoms with Crippen molar-refractivity contribution in [3.8, 4) is 11.6 Å². The minimum atomic E-state index is -4.53. The van der Waals surface area contributed by atoms with E-state index < -0.39 is 17.8 Å². The molecule has 0 aliphatic heterocycles. The van der Waals surface area contributed by atoms with Crippen LogP contribution >= 0.6 is 0 Å². The summed E-state index contributed by atoms with van der Waals surface area (Å²) in [6, 6.07) is 2.84. The van der Waals surface area contributed by atoms with E-state index in [1.165, 1.54) is 24.3 Å². The number of H-pyrrole nitrogens is 1. The van der Waals surface area contributed by atoms with Crippen LogP contribution < -0.4 is 21.8 Å². The fraction of sp³-hybridized carbons (Fsp3) is 0.167. The van der Waals surface area contributed by atoms with Crippen molar-refractivity contribution in [2.45, 2.75) is 12.2 Å². The lowest BCUT2D eigenvalue weighted by atomic mass is 10.1. The van der Waals surface area contributed by atoms with Crippen molar-refractivity contribution in [2.24, 2.45) is 5.73 Å². The first-order valence-corrected chi connectivity index (χ1v) is 5.72. The maximum absolute atomic E-state index is 12.5. The van der Waals surface area contributed by atoms with Gasteiger partial charge in [0.05, 0.1) is 6.33 Å². The molecular weight excluding hydrogens is 289 g/mol. The van der Waals surface area contributed by atoms with E-state index in [-0.39, 0.29) is 22.9 Å². The quantitative estimate of drug-likeness (QED) is 0.800. The van der Waals surface area contributed by atoms with Gasteiger partial charge in [-0.3, -0.25) is 4.79 Å². The lowest BCUT2D eigenvalue weighted by molar-refractivity contribution is -0.149. The number of ether oxygens (including phenoxy) is 1. The molecule has 2 rings (SSSR count). The highest BCUT2D eigenvalue weighted by atomic mass is 19.4. The molecule has 0 bridgehead atoms. The molecule has 9 heteroatoms. The lowest BCUT2D eigenvalue weighted by Gasteiger charge is -2.16. The summed E-state index contributed by atoms with van der Waals surface area (Å²) in [4.78, 5) is 17.2. The number of hydrogen-bond donors (Lipinski definition) is 3. The van der Waals surface area contributed by atoms with E-state index in [1.807, 2.05) is 0 Å². The summed E-state index contributed by atoms with van der Waals surface area (Å²) in [5.41, 5.74) is 9.63. The van der Waals surface area contributed by atoms with E-state index in [1.54, 1.807) is 0 Å². The number of alkyl halides is 3. The van der Waals surface area contributed by atoms with Crippen LogP contribution in [0.5, 0.6) is 11.6 Å². The summed E-state index contributed by atoms with van der Waals surface area (Å²) in [5.74, 6) is 0.0459. The molecule has 0 saturated carbocycles. The molecule has 0 saturated heterocycles. The average molecular weight is 300 g/mol. The Morgan fingerprint density at radius 1 is 1.24 bits per heavy atom. The van der Waals surface area contributed by atoms with Crippen LogP contribution in [0, 0.1) is 0 Å². The van der Waals surface area contributed by atoms with Gasteiger partial charge in [0.25, 0.3) is 5.56 Å². The monoisotopic (exact) mass is 300 g/mol. The fourth-order valence-corrected chi connectivity index (χ4v) is 1.52. The van der Waals surface area contributed by atoms with Gasteiger partial charge in [0.15, 0.2) is 5.69 Å². The van der Waals surface area contributed by atoms with E-state index in [0.29, 0.717) is 0 Å². The summed E-state index contributed by atoms with van der Waals surface area (Å²) >= 11 is 0. The lowest BCUT2D eigenvalue weighted by Crippen LogP contribution is -2.28. The molecule has 21 heavy (non-hydrogen) atoms. The third-order valence-electron chi connectivity index (χ3n) is 2.66. The topological polar surface area (TPSA) is 107 Å². The number of benzene rings is 1. The van der Waals surface area contributed by atoms with Gasteiger partial charge in [-0.2, -0.15) is 13.2 Å². The molecule has 0 aliphatic rings. The molecule has 1 heterocycles. The average Bonchev–Trinajstić information content (AvgIpc) is 2.43. The Balaban J connectivity index is 2.20. The molecule has 1 aromatic carbocycles. The van der Waals surface area contributed by atoms with Crippen LogP contribution in [-0.4, -0.2) is 16.1 Å². The van der Waals surface area contributed by atoms with E-state index in [0.717, 1.165) is 6.33 Å². The third kappa shape index (κ3) is 3.31. The molecule has 0 amide bonds. The Kier molecular flexibility index (Phi) is 3.85. The Hall–Kier alpha value is -2.55. The van der Waals surface area contributed by atoms with Gasteiger partial charge in [0.1, 0.15) is 11.8 Å². The number of aromatic amines is 1. The molecule has 0 fully saturated rings. The number of aromatic nitrogens is 2. The zero-order valence-corrected chi connectivity index (χ0v) is 10.5. The molecule has 1 atom stereocenters. The molecule has 0 spiro atoms. The molecule has 0 aliphatic carbocycles. The van der Waals surface area contributed by atoms with Gasteiger partial charge in [-0.05, 0) is 17.7 Å². The Bertz CT molecular complexity index is 682. The first kappa shape index (κ1) is 14.9. The second kappa shape index (κ2) is 5.44. The number of nitrogens with one attached hydrogen (secondary N) is 1. The first-order valence-electron chi connectivity index (χ1n) is 5.72. The minimum absolute atomic E-state index is 0.110. The molecule has 2 aromatic rings. The molecular formula is C12H11F3N4O2. The smallest absolute Gasteiger partial charge is 0.407 e. The largest absolute Gasteiger partial charge is 0.437 e. The van der Waals surface area contributed by atoms with Crippen LogP contribution in [0.25, 0.3) is 0 Å². The van der Waals surface area contributed by atoms with Gasteiger partial charge >= 0.3 is 6.18 Å². The van der Waals surface area contributed by atoms with Crippen molar-refractivity contribution in [3.05, 3.63) is 46.5 Å². The van der Waals surface area contributed by atoms with E-state index >= 15 is 0 Å². The van der Waals surface area contributed by atoms with Crippen molar-refractivity contribution in [3.63, 3.8) is 0 Å². The highest BCUT2D eigenvalue weighted by Gasteiger charge is 2.37. The summed E-state index contributed by atoms with van der Waals surface area (Å²) in [5, 5.41) is 0.